The Kier molecular flexibility index (Phi) is 3.08. The summed E-state index contributed by atoms with van der Waals surface area (Å²) >= 11 is 0. The molecule has 1 heterocycles. The molecule has 1 unspecified atom stereocenters. The van der Waals surface area contributed by atoms with E-state index < -0.39 is 11.6 Å². The number of hydrogen-bond acceptors (Lipinski definition) is 2. The normalized spacial score (nSPS) is 22.4. The summed E-state index contributed by atoms with van der Waals surface area (Å²) in [6, 6.07) is 3.88. The highest BCUT2D eigenvalue weighted by molar-refractivity contribution is 6.10. The first-order valence-corrected chi connectivity index (χ1v) is 6.16. The highest BCUT2D eigenvalue weighted by atomic mass is 19.1. The molecule has 2 rings (SSSR count). The average molecular weight is 264 g/mol. The molecule has 1 N–H and O–H groups in total. The van der Waals surface area contributed by atoms with E-state index in [-0.39, 0.29) is 17.6 Å². The third-order valence-corrected chi connectivity index (χ3v) is 3.45. The van der Waals surface area contributed by atoms with Crippen LogP contribution >= 0.6 is 0 Å². The summed E-state index contributed by atoms with van der Waals surface area (Å²) in [5, 5.41) is 2.67. The van der Waals surface area contributed by atoms with Crippen LogP contribution in [-0.2, 0) is 9.59 Å². The van der Waals surface area contributed by atoms with Crippen LogP contribution in [0.1, 0.15) is 26.3 Å². The van der Waals surface area contributed by atoms with Crippen molar-refractivity contribution in [1.29, 1.82) is 0 Å². The number of benzene rings is 1. The molecule has 0 aliphatic carbocycles. The van der Waals surface area contributed by atoms with Gasteiger partial charge in [-0.25, -0.2) is 4.39 Å². The van der Waals surface area contributed by atoms with Gasteiger partial charge >= 0.3 is 0 Å². The van der Waals surface area contributed by atoms with Crippen LogP contribution in [-0.4, -0.2) is 23.4 Å². The van der Waals surface area contributed by atoms with Crippen LogP contribution in [0.25, 0.3) is 0 Å². The van der Waals surface area contributed by atoms with E-state index in [0.717, 1.165) is 0 Å². The molecule has 2 amide bonds. The van der Waals surface area contributed by atoms with Gasteiger partial charge in [-0.1, -0.05) is 6.07 Å². The van der Waals surface area contributed by atoms with Gasteiger partial charge in [0.1, 0.15) is 17.4 Å². The van der Waals surface area contributed by atoms with Crippen LogP contribution in [0, 0.1) is 12.7 Å². The quantitative estimate of drug-likeness (QED) is 0.840. The van der Waals surface area contributed by atoms with Crippen molar-refractivity contribution in [3.8, 4) is 0 Å². The monoisotopic (exact) mass is 264 g/mol. The summed E-state index contributed by atoms with van der Waals surface area (Å²) in [5.41, 5.74) is -0.170. The van der Waals surface area contributed by atoms with Crippen molar-refractivity contribution in [2.24, 2.45) is 0 Å². The molecule has 0 spiro atoms. The molecule has 0 aromatic heterocycles. The van der Waals surface area contributed by atoms with Gasteiger partial charge < -0.3 is 5.32 Å². The molecule has 1 aromatic carbocycles. The Balaban J connectivity index is 2.55. The lowest BCUT2D eigenvalue weighted by molar-refractivity contribution is -0.136. The maximum absolute atomic E-state index is 13.6. The van der Waals surface area contributed by atoms with Crippen molar-refractivity contribution in [3.63, 3.8) is 0 Å². The van der Waals surface area contributed by atoms with E-state index in [1.165, 1.54) is 17.0 Å². The van der Waals surface area contributed by atoms with Gasteiger partial charge in [0.25, 0.3) is 5.91 Å². The zero-order valence-electron chi connectivity index (χ0n) is 11.5. The van der Waals surface area contributed by atoms with Crippen molar-refractivity contribution in [3.05, 3.63) is 29.6 Å². The number of anilines is 1. The molecule has 0 saturated carbocycles. The van der Waals surface area contributed by atoms with Crippen molar-refractivity contribution >= 4 is 17.5 Å². The lowest BCUT2D eigenvalue weighted by atomic mass is 9.96. The van der Waals surface area contributed by atoms with E-state index in [9.17, 15) is 14.0 Å². The average Bonchev–Trinajstić information content (AvgIpc) is 2.32. The Morgan fingerprint density at radius 1 is 1.32 bits per heavy atom. The van der Waals surface area contributed by atoms with Gasteiger partial charge in [0.2, 0.25) is 5.91 Å². The van der Waals surface area contributed by atoms with Crippen molar-refractivity contribution in [2.75, 3.05) is 4.90 Å². The van der Waals surface area contributed by atoms with E-state index in [2.05, 4.69) is 5.32 Å². The minimum Gasteiger partial charge on any atom is -0.340 e. The third-order valence-electron chi connectivity index (χ3n) is 3.45. The van der Waals surface area contributed by atoms with Crippen molar-refractivity contribution < 1.29 is 14.0 Å². The van der Waals surface area contributed by atoms with Crippen LogP contribution in [0.15, 0.2) is 18.2 Å². The van der Waals surface area contributed by atoms with E-state index in [0.29, 0.717) is 11.3 Å². The second-order valence-corrected chi connectivity index (χ2v) is 5.35. The van der Waals surface area contributed by atoms with Gasteiger partial charge in [-0.05, 0) is 39.8 Å². The topological polar surface area (TPSA) is 49.4 Å². The number of hydrogen-bond donors (Lipinski definition) is 1. The molecule has 19 heavy (non-hydrogen) atoms. The number of rotatable bonds is 1. The number of carbonyl (C=O) groups is 2. The predicted octanol–water partition coefficient (Wildman–Crippen LogP) is 1.76. The van der Waals surface area contributed by atoms with Gasteiger partial charge in [-0.15, -0.1) is 0 Å². The number of carbonyl (C=O) groups excluding carboxylic acids is 2. The zero-order chi connectivity index (χ0) is 14.4. The van der Waals surface area contributed by atoms with Crippen LogP contribution in [0.3, 0.4) is 0 Å². The zero-order valence-corrected chi connectivity index (χ0v) is 11.5. The van der Waals surface area contributed by atoms with Gasteiger partial charge in [-0.2, -0.15) is 0 Å². The molecule has 5 heteroatoms. The highest BCUT2D eigenvalue weighted by Crippen LogP contribution is 2.29. The Labute approximate surface area is 111 Å². The van der Waals surface area contributed by atoms with Gasteiger partial charge in [0.05, 0.1) is 5.69 Å². The molecule has 1 aliphatic rings. The van der Waals surface area contributed by atoms with Crippen LogP contribution in [0.5, 0.6) is 0 Å². The van der Waals surface area contributed by atoms with Crippen LogP contribution in [0.4, 0.5) is 10.1 Å². The first-order valence-electron chi connectivity index (χ1n) is 6.16. The fraction of sp³-hybridized carbons (Fsp3) is 0.429. The standard InChI is InChI=1S/C14H17FN2O2/c1-8-10(15)6-5-7-11(8)17-9(2)12(18)16-14(3,4)13(17)19/h5-7,9H,1-4H3,(H,16,18). The fourth-order valence-corrected chi connectivity index (χ4v) is 2.24. The Morgan fingerprint density at radius 3 is 2.58 bits per heavy atom. The van der Waals surface area contributed by atoms with Crippen LogP contribution in [0.2, 0.25) is 0 Å². The van der Waals surface area contributed by atoms with E-state index >= 15 is 0 Å². The predicted molar refractivity (Wildman–Crippen MR) is 70.3 cm³/mol. The number of nitrogens with zero attached hydrogens (tertiary/aromatic N) is 1. The largest absolute Gasteiger partial charge is 0.340 e. The molecule has 4 nitrogen and oxygen atoms in total. The minimum atomic E-state index is -0.984. The second-order valence-electron chi connectivity index (χ2n) is 5.35. The van der Waals surface area contributed by atoms with Crippen molar-refractivity contribution in [1.82, 2.24) is 5.32 Å². The molecule has 1 saturated heterocycles. The SMILES string of the molecule is Cc1c(F)cccc1N1C(=O)C(C)(C)NC(=O)C1C. The molecule has 0 radical (unpaired) electrons. The van der Waals surface area contributed by atoms with Crippen molar-refractivity contribution in [2.45, 2.75) is 39.3 Å². The molecular weight excluding hydrogens is 247 g/mol. The van der Waals surface area contributed by atoms with Gasteiger partial charge in [-0.3, -0.25) is 14.5 Å². The smallest absolute Gasteiger partial charge is 0.252 e. The molecule has 1 atom stereocenters. The molecule has 1 fully saturated rings. The van der Waals surface area contributed by atoms with Gasteiger partial charge in [0.15, 0.2) is 0 Å². The summed E-state index contributed by atoms with van der Waals surface area (Å²) in [7, 11) is 0. The summed E-state index contributed by atoms with van der Waals surface area (Å²) < 4.78 is 13.6. The molecule has 102 valence electrons. The Bertz CT molecular complexity index is 554. The fourth-order valence-electron chi connectivity index (χ4n) is 2.24. The Morgan fingerprint density at radius 2 is 1.95 bits per heavy atom. The second kappa shape index (κ2) is 4.33. The summed E-state index contributed by atoms with van der Waals surface area (Å²) in [5.74, 6) is -0.872. The maximum atomic E-state index is 13.6. The summed E-state index contributed by atoms with van der Waals surface area (Å²) in [6.07, 6.45) is 0. The Hall–Kier alpha value is -1.91. The first-order chi connectivity index (χ1) is 8.75. The molecule has 0 bridgehead atoms. The molecule has 1 aliphatic heterocycles. The summed E-state index contributed by atoms with van der Waals surface area (Å²) in [4.78, 5) is 25.8. The van der Waals surface area contributed by atoms with Crippen LogP contribution < -0.4 is 10.2 Å². The minimum absolute atomic E-state index is 0.242. The number of piperazine rings is 1. The molecular formula is C14H17FN2O2. The van der Waals surface area contributed by atoms with E-state index in [1.807, 2.05) is 0 Å². The number of nitrogens with one attached hydrogen (secondary N) is 1. The third kappa shape index (κ3) is 2.09. The number of amides is 2. The van der Waals surface area contributed by atoms with Gasteiger partial charge in [0, 0.05) is 5.56 Å². The number of halogens is 1. The van der Waals surface area contributed by atoms with E-state index in [4.69, 9.17) is 0 Å². The lowest BCUT2D eigenvalue weighted by Gasteiger charge is -2.42. The highest BCUT2D eigenvalue weighted by Gasteiger charge is 2.44. The lowest BCUT2D eigenvalue weighted by Crippen LogP contribution is -2.67. The first kappa shape index (κ1) is 13.5. The summed E-state index contributed by atoms with van der Waals surface area (Å²) in [6.45, 7) is 6.51. The van der Waals surface area contributed by atoms with E-state index in [1.54, 1.807) is 33.8 Å². The molecule has 1 aromatic rings. The maximum Gasteiger partial charge on any atom is 0.252 e.